The van der Waals surface area contributed by atoms with Crippen LogP contribution < -0.4 is 0 Å². The molecule has 0 saturated heterocycles. The second kappa shape index (κ2) is 4.91. The van der Waals surface area contributed by atoms with Crippen LogP contribution in [0.4, 0.5) is 0 Å². The van der Waals surface area contributed by atoms with Crippen LogP contribution in [0.25, 0.3) is 0 Å². The summed E-state index contributed by atoms with van der Waals surface area (Å²) in [6.07, 6.45) is -0.605. The molecular weight excluding hydrogens is 196 g/mol. The highest BCUT2D eigenvalue weighted by Crippen LogP contribution is 2.03. The van der Waals surface area contributed by atoms with Gasteiger partial charge in [-0.2, -0.15) is 0 Å². The summed E-state index contributed by atoms with van der Waals surface area (Å²) in [6.45, 7) is 0. The van der Waals surface area contributed by atoms with Gasteiger partial charge in [-0.1, -0.05) is 0 Å². The predicted molar refractivity (Wildman–Crippen MR) is 38.2 cm³/mol. The maximum absolute atomic E-state index is 10.0. The van der Waals surface area contributed by atoms with Gasteiger partial charge >= 0.3 is 0 Å². The van der Waals surface area contributed by atoms with Gasteiger partial charge in [0, 0.05) is 6.42 Å². The molecule has 0 spiro atoms. The molecule has 68 valence electrons. The molecule has 0 aromatic carbocycles. The zero-order chi connectivity index (χ0) is 9.02. The summed E-state index contributed by atoms with van der Waals surface area (Å²) in [6, 6.07) is 0. The predicted octanol–water partition coefficient (Wildman–Crippen LogP) is -1.54. The molecule has 0 rings (SSSR count). The zero-order valence-electron chi connectivity index (χ0n) is 5.28. The van der Waals surface area contributed by atoms with Crippen molar-refractivity contribution in [3.05, 3.63) is 0 Å². The third kappa shape index (κ3) is 4.56. The third-order valence-corrected chi connectivity index (χ3v) is 2.18. The van der Waals surface area contributed by atoms with E-state index in [0.717, 1.165) is 0 Å². The van der Waals surface area contributed by atoms with Crippen molar-refractivity contribution in [2.75, 3.05) is 0 Å². The van der Waals surface area contributed by atoms with Crippen molar-refractivity contribution in [2.45, 2.75) is 17.3 Å². The summed E-state index contributed by atoms with van der Waals surface area (Å²) >= 11 is -4.99. The maximum Gasteiger partial charge on any atom is 0.182 e. The second-order valence-corrected chi connectivity index (χ2v) is 3.89. The Kier molecular flexibility index (Phi) is 4.97. The van der Waals surface area contributed by atoms with Gasteiger partial charge in [0.2, 0.25) is 0 Å². The minimum atomic E-state index is -2.50. The Morgan fingerprint density at radius 3 is 1.45 bits per heavy atom. The molecule has 0 aromatic heterocycles. The van der Waals surface area contributed by atoms with Gasteiger partial charge in [0.25, 0.3) is 0 Å². The first kappa shape index (κ1) is 11.1. The fraction of sp³-hybridized carbons (Fsp3) is 1.00. The lowest BCUT2D eigenvalue weighted by atomic mass is 10.5. The van der Waals surface area contributed by atoms with Crippen LogP contribution >= 0.6 is 0 Å². The lowest BCUT2D eigenvalue weighted by Gasteiger charge is -2.08. The molecule has 8 heteroatoms. The minimum absolute atomic E-state index is 0.605. The van der Waals surface area contributed by atoms with Gasteiger partial charge in [-0.15, -0.1) is 0 Å². The van der Waals surface area contributed by atoms with Crippen LogP contribution in [0.15, 0.2) is 0 Å². The molecule has 0 aliphatic carbocycles. The van der Waals surface area contributed by atoms with Crippen LogP contribution in [0.5, 0.6) is 0 Å². The smallest absolute Gasteiger partial charge is 0.182 e. The molecule has 11 heavy (non-hydrogen) atoms. The molecular formula is C3H8O6S2. The minimum Gasteiger partial charge on any atom is -0.377 e. The topological polar surface area (TPSA) is 115 Å². The normalized spacial score (nSPS) is 22.2. The molecule has 0 heterocycles. The Labute approximate surface area is 67.8 Å². The van der Waals surface area contributed by atoms with E-state index in [1.807, 2.05) is 0 Å². The van der Waals surface area contributed by atoms with Gasteiger partial charge in [0.05, 0.1) is 0 Å². The van der Waals surface area contributed by atoms with Gasteiger partial charge in [0.15, 0.2) is 33.0 Å². The summed E-state index contributed by atoms with van der Waals surface area (Å²) in [5, 5.41) is 17.2. The van der Waals surface area contributed by atoms with E-state index >= 15 is 0 Å². The first-order valence-corrected chi connectivity index (χ1v) is 4.84. The van der Waals surface area contributed by atoms with E-state index in [2.05, 4.69) is 0 Å². The van der Waals surface area contributed by atoms with Crippen LogP contribution in [-0.2, 0) is 22.2 Å². The highest BCUT2D eigenvalue weighted by Gasteiger charge is 2.19. The Morgan fingerprint density at radius 2 is 1.27 bits per heavy atom. The molecule has 0 saturated carbocycles. The molecule has 4 N–H and O–H groups in total. The van der Waals surface area contributed by atoms with Crippen LogP contribution in [0, 0.1) is 0 Å². The van der Waals surface area contributed by atoms with Crippen molar-refractivity contribution in [3.8, 4) is 0 Å². The standard InChI is InChI=1S/C3H8O6S2/c4-2(10(6)7)1-3(5)11(8)9/h2-5H,1H2,(H,6,7)(H,8,9). The van der Waals surface area contributed by atoms with Gasteiger partial charge in [0.1, 0.15) is 0 Å². The average Bonchev–Trinajstić information content (AvgIpc) is 1.87. The number of hydrogen-bond donors (Lipinski definition) is 4. The van der Waals surface area contributed by atoms with Crippen LogP contribution in [0.2, 0.25) is 0 Å². The van der Waals surface area contributed by atoms with E-state index in [0.29, 0.717) is 0 Å². The number of aliphatic hydroxyl groups excluding tert-OH is 2. The molecule has 0 aliphatic heterocycles. The van der Waals surface area contributed by atoms with Crippen molar-refractivity contribution in [1.29, 1.82) is 0 Å². The highest BCUT2D eigenvalue weighted by molar-refractivity contribution is 7.80. The van der Waals surface area contributed by atoms with Gasteiger partial charge in [-0.25, -0.2) is 8.42 Å². The van der Waals surface area contributed by atoms with Crippen LogP contribution in [-0.4, -0.2) is 38.6 Å². The van der Waals surface area contributed by atoms with Crippen molar-refractivity contribution >= 4 is 22.2 Å². The van der Waals surface area contributed by atoms with Gasteiger partial charge in [-0.05, 0) is 0 Å². The van der Waals surface area contributed by atoms with Gasteiger partial charge < -0.3 is 19.3 Å². The quantitative estimate of drug-likeness (QED) is 0.412. The van der Waals surface area contributed by atoms with Gasteiger partial charge in [-0.3, -0.25) is 0 Å². The zero-order valence-corrected chi connectivity index (χ0v) is 6.92. The van der Waals surface area contributed by atoms with E-state index < -0.39 is 39.5 Å². The largest absolute Gasteiger partial charge is 0.377 e. The van der Waals surface area contributed by atoms with Crippen molar-refractivity contribution < 1.29 is 27.7 Å². The Morgan fingerprint density at radius 1 is 1.00 bits per heavy atom. The average molecular weight is 204 g/mol. The lowest BCUT2D eigenvalue weighted by Crippen LogP contribution is -2.24. The molecule has 0 aromatic rings. The molecule has 0 radical (unpaired) electrons. The number of rotatable bonds is 4. The van der Waals surface area contributed by atoms with Crippen molar-refractivity contribution in [1.82, 2.24) is 0 Å². The Balaban J connectivity index is 3.84. The lowest BCUT2D eigenvalue weighted by molar-refractivity contribution is 0.162. The molecule has 0 amide bonds. The molecule has 0 aliphatic rings. The molecule has 0 fully saturated rings. The fourth-order valence-electron chi connectivity index (χ4n) is 0.337. The summed E-state index contributed by atoms with van der Waals surface area (Å²) in [5.41, 5.74) is -3.39. The van der Waals surface area contributed by atoms with Crippen LogP contribution in [0.3, 0.4) is 0 Å². The number of aliphatic hydroxyl groups is 2. The highest BCUT2D eigenvalue weighted by atomic mass is 32.2. The van der Waals surface area contributed by atoms with E-state index in [-0.39, 0.29) is 0 Å². The van der Waals surface area contributed by atoms with Crippen molar-refractivity contribution in [3.63, 3.8) is 0 Å². The maximum atomic E-state index is 10.0. The van der Waals surface area contributed by atoms with E-state index in [4.69, 9.17) is 19.3 Å². The summed E-state index contributed by atoms with van der Waals surface area (Å²) in [4.78, 5) is 0. The third-order valence-electron chi connectivity index (χ3n) is 0.869. The molecule has 6 nitrogen and oxygen atoms in total. The Bertz CT molecular complexity index is 151. The SMILES string of the molecule is O=S(O)C(O)CC(O)S(=O)O. The summed E-state index contributed by atoms with van der Waals surface area (Å²) in [7, 11) is 0. The number of hydrogen-bond acceptors (Lipinski definition) is 4. The summed E-state index contributed by atoms with van der Waals surface area (Å²) in [5.74, 6) is 0. The molecule has 4 unspecified atom stereocenters. The van der Waals surface area contributed by atoms with E-state index in [1.165, 1.54) is 0 Å². The molecule has 0 bridgehead atoms. The van der Waals surface area contributed by atoms with Crippen LogP contribution in [0.1, 0.15) is 6.42 Å². The van der Waals surface area contributed by atoms with E-state index in [9.17, 15) is 8.42 Å². The summed E-state index contributed by atoms with van der Waals surface area (Å²) < 4.78 is 36.4. The molecule has 4 atom stereocenters. The van der Waals surface area contributed by atoms with Crippen molar-refractivity contribution in [2.24, 2.45) is 0 Å². The Hall–Kier alpha value is 0.140. The first-order chi connectivity index (χ1) is 4.95. The first-order valence-electron chi connectivity index (χ1n) is 2.50. The monoisotopic (exact) mass is 204 g/mol. The van der Waals surface area contributed by atoms with E-state index in [1.54, 1.807) is 0 Å². The fourth-order valence-corrected chi connectivity index (χ4v) is 1.15. The second-order valence-electron chi connectivity index (χ2n) is 1.70.